The standard InChI is InChI=1S/C13H19FN2O2/c1-8(2)11(15)7-13(17)16-9-4-5-12(18-3)10(14)6-9/h4-6,8,11H,7,15H2,1-3H3,(H,16,17). The molecule has 1 rings (SSSR count). The van der Waals surface area contributed by atoms with E-state index in [1.54, 1.807) is 6.07 Å². The summed E-state index contributed by atoms with van der Waals surface area (Å²) in [5.74, 6) is -0.362. The van der Waals surface area contributed by atoms with Gasteiger partial charge in [0.1, 0.15) is 0 Å². The third-order valence-corrected chi connectivity index (χ3v) is 2.71. The largest absolute Gasteiger partial charge is 0.494 e. The highest BCUT2D eigenvalue weighted by atomic mass is 19.1. The minimum Gasteiger partial charge on any atom is -0.494 e. The maximum Gasteiger partial charge on any atom is 0.225 e. The van der Waals surface area contributed by atoms with E-state index in [1.165, 1.54) is 19.2 Å². The maximum atomic E-state index is 13.4. The molecule has 0 aliphatic carbocycles. The molecule has 0 saturated heterocycles. The Kier molecular flexibility index (Phi) is 5.09. The smallest absolute Gasteiger partial charge is 0.225 e. The Morgan fingerprint density at radius 1 is 1.50 bits per heavy atom. The molecule has 0 aromatic heterocycles. The van der Waals surface area contributed by atoms with Crippen molar-refractivity contribution in [2.24, 2.45) is 11.7 Å². The highest BCUT2D eigenvalue weighted by Gasteiger charge is 2.13. The van der Waals surface area contributed by atoms with Crippen LogP contribution in [-0.4, -0.2) is 19.1 Å². The van der Waals surface area contributed by atoms with Crippen molar-refractivity contribution in [3.05, 3.63) is 24.0 Å². The monoisotopic (exact) mass is 254 g/mol. The Hall–Kier alpha value is -1.62. The number of methoxy groups -OCH3 is 1. The van der Waals surface area contributed by atoms with E-state index in [1.807, 2.05) is 13.8 Å². The Labute approximate surface area is 106 Å². The van der Waals surface area contributed by atoms with Crippen LogP contribution in [0.15, 0.2) is 18.2 Å². The van der Waals surface area contributed by atoms with Crippen molar-refractivity contribution in [1.29, 1.82) is 0 Å². The Balaban J connectivity index is 2.62. The molecule has 1 unspecified atom stereocenters. The molecule has 18 heavy (non-hydrogen) atoms. The average molecular weight is 254 g/mol. The number of amides is 1. The van der Waals surface area contributed by atoms with E-state index in [9.17, 15) is 9.18 Å². The van der Waals surface area contributed by atoms with Crippen molar-refractivity contribution in [3.63, 3.8) is 0 Å². The van der Waals surface area contributed by atoms with Crippen LogP contribution in [0.4, 0.5) is 10.1 Å². The molecule has 1 amide bonds. The number of nitrogens with one attached hydrogen (secondary N) is 1. The first kappa shape index (κ1) is 14.4. The SMILES string of the molecule is COc1ccc(NC(=O)CC(N)C(C)C)cc1F. The van der Waals surface area contributed by atoms with Gasteiger partial charge in [0.15, 0.2) is 11.6 Å². The third kappa shape index (κ3) is 4.00. The van der Waals surface area contributed by atoms with Crippen molar-refractivity contribution in [2.45, 2.75) is 26.3 Å². The van der Waals surface area contributed by atoms with E-state index in [-0.39, 0.29) is 30.0 Å². The Bertz CT molecular complexity index is 421. The van der Waals surface area contributed by atoms with Crippen LogP contribution in [0.2, 0.25) is 0 Å². The summed E-state index contributed by atoms with van der Waals surface area (Å²) in [7, 11) is 1.39. The van der Waals surface area contributed by atoms with E-state index < -0.39 is 5.82 Å². The van der Waals surface area contributed by atoms with Crippen LogP contribution in [0.5, 0.6) is 5.75 Å². The predicted molar refractivity (Wildman–Crippen MR) is 69.0 cm³/mol. The summed E-state index contributed by atoms with van der Waals surface area (Å²) in [6, 6.07) is 4.07. The lowest BCUT2D eigenvalue weighted by Crippen LogP contribution is -2.31. The molecule has 0 aliphatic heterocycles. The number of anilines is 1. The molecule has 4 nitrogen and oxygen atoms in total. The fourth-order valence-corrected chi connectivity index (χ4v) is 1.41. The van der Waals surface area contributed by atoms with Crippen LogP contribution >= 0.6 is 0 Å². The molecule has 3 N–H and O–H groups in total. The first-order valence-electron chi connectivity index (χ1n) is 5.83. The highest BCUT2D eigenvalue weighted by Crippen LogP contribution is 2.20. The van der Waals surface area contributed by atoms with Gasteiger partial charge in [0.2, 0.25) is 5.91 Å². The molecule has 0 bridgehead atoms. The second-order valence-electron chi connectivity index (χ2n) is 4.51. The van der Waals surface area contributed by atoms with Crippen molar-refractivity contribution in [2.75, 3.05) is 12.4 Å². The quantitative estimate of drug-likeness (QED) is 0.846. The van der Waals surface area contributed by atoms with Crippen LogP contribution in [-0.2, 0) is 4.79 Å². The van der Waals surface area contributed by atoms with E-state index in [0.29, 0.717) is 5.69 Å². The van der Waals surface area contributed by atoms with Gasteiger partial charge in [-0.1, -0.05) is 13.8 Å². The molecule has 5 heteroatoms. The number of halogens is 1. The van der Waals surface area contributed by atoms with Gasteiger partial charge in [0, 0.05) is 24.2 Å². The van der Waals surface area contributed by atoms with Crippen LogP contribution in [0.1, 0.15) is 20.3 Å². The molecule has 0 aliphatic rings. The van der Waals surface area contributed by atoms with Crippen LogP contribution < -0.4 is 15.8 Å². The molecule has 0 saturated carbocycles. The zero-order chi connectivity index (χ0) is 13.7. The lowest BCUT2D eigenvalue weighted by atomic mass is 10.0. The zero-order valence-electron chi connectivity index (χ0n) is 10.9. The summed E-state index contributed by atoms with van der Waals surface area (Å²) < 4.78 is 18.2. The summed E-state index contributed by atoms with van der Waals surface area (Å²) in [5, 5.41) is 2.61. The van der Waals surface area contributed by atoms with Gasteiger partial charge in [-0.2, -0.15) is 0 Å². The topological polar surface area (TPSA) is 64.3 Å². The number of carbonyl (C=O) groups excluding carboxylic acids is 1. The summed E-state index contributed by atoms with van der Waals surface area (Å²) in [6.45, 7) is 3.90. The summed E-state index contributed by atoms with van der Waals surface area (Å²) in [5.41, 5.74) is 6.19. The second kappa shape index (κ2) is 6.35. The molecule has 1 atom stereocenters. The third-order valence-electron chi connectivity index (χ3n) is 2.71. The minimum absolute atomic E-state index is 0.145. The van der Waals surface area contributed by atoms with Gasteiger partial charge in [-0.3, -0.25) is 4.79 Å². The molecule has 1 aromatic carbocycles. The maximum absolute atomic E-state index is 13.4. The van der Waals surface area contributed by atoms with Crippen LogP contribution in [0.25, 0.3) is 0 Å². The summed E-state index contributed by atoms with van der Waals surface area (Å²) in [6.07, 6.45) is 0.214. The minimum atomic E-state index is -0.511. The van der Waals surface area contributed by atoms with Gasteiger partial charge in [-0.05, 0) is 18.1 Å². The van der Waals surface area contributed by atoms with Crippen molar-refractivity contribution in [1.82, 2.24) is 0 Å². The van der Waals surface area contributed by atoms with Gasteiger partial charge in [0.25, 0.3) is 0 Å². The number of benzene rings is 1. The number of hydrogen-bond acceptors (Lipinski definition) is 3. The number of nitrogens with two attached hydrogens (primary N) is 1. The number of hydrogen-bond donors (Lipinski definition) is 2. The lowest BCUT2D eigenvalue weighted by Gasteiger charge is -2.15. The highest BCUT2D eigenvalue weighted by molar-refractivity contribution is 5.91. The first-order chi connectivity index (χ1) is 8.43. The van der Waals surface area contributed by atoms with E-state index in [2.05, 4.69) is 5.32 Å². The predicted octanol–water partition coefficient (Wildman–Crippen LogP) is 2.15. The van der Waals surface area contributed by atoms with E-state index >= 15 is 0 Å². The number of rotatable bonds is 5. The van der Waals surface area contributed by atoms with Crippen molar-refractivity contribution in [3.8, 4) is 5.75 Å². The molecule has 1 aromatic rings. The Morgan fingerprint density at radius 2 is 2.17 bits per heavy atom. The lowest BCUT2D eigenvalue weighted by molar-refractivity contribution is -0.116. The molecule has 0 spiro atoms. The first-order valence-corrected chi connectivity index (χ1v) is 5.83. The average Bonchev–Trinajstić information content (AvgIpc) is 2.28. The fourth-order valence-electron chi connectivity index (χ4n) is 1.41. The fraction of sp³-hybridized carbons (Fsp3) is 0.462. The molecular weight excluding hydrogens is 235 g/mol. The molecule has 0 fully saturated rings. The van der Waals surface area contributed by atoms with E-state index in [4.69, 9.17) is 10.5 Å². The Morgan fingerprint density at radius 3 is 2.67 bits per heavy atom. The summed E-state index contributed by atoms with van der Waals surface area (Å²) >= 11 is 0. The van der Waals surface area contributed by atoms with Crippen LogP contribution in [0.3, 0.4) is 0 Å². The number of carbonyl (C=O) groups is 1. The van der Waals surface area contributed by atoms with Gasteiger partial charge < -0.3 is 15.8 Å². The molecule has 0 heterocycles. The van der Waals surface area contributed by atoms with Gasteiger partial charge in [-0.15, -0.1) is 0 Å². The summed E-state index contributed by atoms with van der Waals surface area (Å²) in [4.78, 5) is 11.6. The second-order valence-corrected chi connectivity index (χ2v) is 4.51. The molecule has 0 radical (unpaired) electrons. The van der Waals surface area contributed by atoms with Gasteiger partial charge in [-0.25, -0.2) is 4.39 Å². The van der Waals surface area contributed by atoms with Gasteiger partial charge >= 0.3 is 0 Å². The molecular formula is C13H19FN2O2. The normalized spacial score (nSPS) is 12.3. The van der Waals surface area contributed by atoms with Crippen molar-refractivity contribution < 1.29 is 13.9 Å². The van der Waals surface area contributed by atoms with Crippen molar-refractivity contribution >= 4 is 11.6 Å². The van der Waals surface area contributed by atoms with E-state index in [0.717, 1.165) is 0 Å². The van der Waals surface area contributed by atoms with Gasteiger partial charge in [0.05, 0.1) is 7.11 Å². The number of ether oxygens (including phenoxy) is 1. The molecule has 100 valence electrons. The van der Waals surface area contributed by atoms with Crippen LogP contribution in [0, 0.1) is 11.7 Å². The zero-order valence-corrected chi connectivity index (χ0v) is 10.9.